The topological polar surface area (TPSA) is 58.4 Å². The lowest BCUT2D eigenvalue weighted by atomic mass is 10.0. The van der Waals surface area contributed by atoms with Gasteiger partial charge in [0.25, 0.3) is 5.69 Å². The third kappa shape index (κ3) is 3.04. The van der Waals surface area contributed by atoms with E-state index >= 15 is 0 Å². The Morgan fingerprint density at radius 3 is 2.75 bits per heavy atom. The Hall–Kier alpha value is -1.33. The highest BCUT2D eigenvalue weighted by Gasteiger charge is 2.27. The van der Waals surface area contributed by atoms with Gasteiger partial charge in [-0.1, -0.05) is 25.4 Å². The van der Waals surface area contributed by atoms with Crippen LogP contribution in [0.15, 0.2) is 18.2 Å². The molecule has 0 aromatic heterocycles. The van der Waals surface area contributed by atoms with Crippen LogP contribution >= 0.6 is 11.6 Å². The molecule has 1 aromatic rings. The summed E-state index contributed by atoms with van der Waals surface area (Å²) in [6, 6.07) is 5.53. The molecule has 110 valence electrons. The van der Waals surface area contributed by atoms with Crippen LogP contribution in [0.4, 0.5) is 11.4 Å². The zero-order chi connectivity index (χ0) is 14.7. The molecule has 2 rings (SSSR count). The predicted octanol–water partition coefficient (Wildman–Crippen LogP) is 3.22. The Balaban J connectivity index is 2.29. The molecule has 2 atom stereocenters. The van der Waals surface area contributed by atoms with E-state index < -0.39 is 4.92 Å². The van der Waals surface area contributed by atoms with Crippen LogP contribution in [0.3, 0.4) is 0 Å². The van der Waals surface area contributed by atoms with Crippen molar-refractivity contribution in [2.24, 2.45) is 0 Å². The number of halogens is 1. The van der Waals surface area contributed by atoms with Gasteiger partial charge < -0.3 is 10.2 Å². The van der Waals surface area contributed by atoms with Gasteiger partial charge in [-0.15, -0.1) is 0 Å². The number of hydrogen-bond donors (Lipinski definition) is 1. The summed E-state index contributed by atoms with van der Waals surface area (Å²) in [6.07, 6.45) is 2.06. The molecule has 2 unspecified atom stereocenters. The van der Waals surface area contributed by atoms with E-state index in [9.17, 15) is 10.1 Å². The maximum Gasteiger partial charge on any atom is 0.271 e. The van der Waals surface area contributed by atoms with Crippen LogP contribution in [-0.4, -0.2) is 30.1 Å². The lowest BCUT2D eigenvalue weighted by Crippen LogP contribution is -2.56. The lowest BCUT2D eigenvalue weighted by molar-refractivity contribution is -0.384. The summed E-state index contributed by atoms with van der Waals surface area (Å²) in [5.74, 6) is 0. The van der Waals surface area contributed by atoms with Crippen LogP contribution < -0.4 is 10.2 Å². The van der Waals surface area contributed by atoms with Crippen molar-refractivity contribution in [1.82, 2.24) is 5.32 Å². The molecular formula is C14H20ClN3O2. The molecule has 0 spiro atoms. The van der Waals surface area contributed by atoms with Crippen molar-refractivity contribution < 1.29 is 4.92 Å². The number of nitrogens with zero attached hydrogens (tertiary/aromatic N) is 2. The fourth-order valence-corrected chi connectivity index (χ4v) is 2.92. The zero-order valence-electron chi connectivity index (χ0n) is 11.8. The van der Waals surface area contributed by atoms with Gasteiger partial charge in [0.15, 0.2) is 0 Å². The first-order chi connectivity index (χ1) is 9.56. The van der Waals surface area contributed by atoms with E-state index in [4.69, 9.17) is 11.6 Å². The van der Waals surface area contributed by atoms with Gasteiger partial charge in [-0.05, 0) is 18.9 Å². The van der Waals surface area contributed by atoms with E-state index in [-0.39, 0.29) is 5.69 Å². The number of nitro benzene ring substituents is 1. The minimum Gasteiger partial charge on any atom is -0.365 e. The van der Waals surface area contributed by atoms with Crippen LogP contribution in [0.2, 0.25) is 5.02 Å². The normalized spacial score (nSPS) is 22.9. The molecule has 0 saturated carbocycles. The Labute approximate surface area is 124 Å². The Kier molecular flexibility index (Phi) is 4.83. The summed E-state index contributed by atoms with van der Waals surface area (Å²) in [5, 5.41) is 14.8. The molecule has 1 heterocycles. The van der Waals surface area contributed by atoms with Gasteiger partial charge in [-0.3, -0.25) is 10.1 Å². The Bertz CT molecular complexity index is 495. The molecule has 1 saturated heterocycles. The van der Waals surface area contributed by atoms with E-state index in [2.05, 4.69) is 24.1 Å². The standard InChI is InChI=1S/C14H20ClN3O2/c1-3-10-9-17(11(4-2)8-16-10)14-6-5-12(18(19)20)7-13(14)15/h5-7,10-11,16H,3-4,8-9H2,1-2H3. The van der Waals surface area contributed by atoms with Crippen molar-refractivity contribution >= 4 is 23.0 Å². The first kappa shape index (κ1) is 15.1. The third-order valence-corrected chi connectivity index (χ3v) is 4.22. The van der Waals surface area contributed by atoms with Crippen molar-refractivity contribution in [2.45, 2.75) is 38.8 Å². The van der Waals surface area contributed by atoms with Crippen LogP contribution in [0.5, 0.6) is 0 Å². The van der Waals surface area contributed by atoms with Crippen molar-refractivity contribution in [1.29, 1.82) is 0 Å². The first-order valence-electron chi connectivity index (χ1n) is 7.00. The number of rotatable bonds is 4. The summed E-state index contributed by atoms with van der Waals surface area (Å²) in [7, 11) is 0. The van der Waals surface area contributed by atoms with Crippen molar-refractivity contribution in [3.05, 3.63) is 33.3 Å². The van der Waals surface area contributed by atoms with Crippen LogP contribution in [-0.2, 0) is 0 Å². The quantitative estimate of drug-likeness (QED) is 0.685. The number of benzene rings is 1. The van der Waals surface area contributed by atoms with Gasteiger partial charge >= 0.3 is 0 Å². The fraction of sp³-hybridized carbons (Fsp3) is 0.571. The van der Waals surface area contributed by atoms with Crippen molar-refractivity contribution in [3.63, 3.8) is 0 Å². The third-order valence-electron chi connectivity index (χ3n) is 3.92. The molecule has 0 bridgehead atoms. The molecule has 5 nitrogen and oxygen atoms in total. The van der Waals surface area contributed by atoms with Crippen molar-refractivity contribution in [3.8, 4) is 0 Å². The molecular weight excluding hydrogens is 278 g/mol. The minimum atomic E-state index is -0.417. The fourth-order valence-electron chi connectivity index (χ4n) is 2.64. The van der Waals surface area contributed by atoms with Gasteiger partial charge in [-0.2, -0.15) is 0 Å². The van der Waals surface area contributed by atoms with Gasteiger partial charge in [-0.25, -0.2) is 0 Å². The number of nitro groups is 1. The molecule has 0 aliphatic carbocycles. The molecule has 1 aliphatic heterocycles. The van der Waals surface area contributed by atoms with Crippen molar-refractivity contribution in [2.75, 3.05) is 18.0 Å². The van der Waals surface area contributed by atoms with E-state index in [1.165, 1.54) is 12.1 Å². The Morgan fingerprint density at radius 1 is 1.45 bits per heavy atom. The molecule has 0 amide bonds. The number of anilines is 1. The second kappa shape index (κ2) is 6.41. The highest BCUT2D eigenvalue weighted by Crippen LogP contribution is 2.32. The van der Waals surface area contributed by atoms with E-state index in [1.807, 2.05) is 0 Å². The smallest absolute Gasteiger partial charge is 0.271 e. The van der Waals surface area contributed by atoms with Gasteiger partial charge in [0, 0.05) is 37.3 Å². The average molecular weight is 298 g/mol. The predicted molar refractivity (Wildman–Crippen MR) is 81.6 cm³/mol. The van der Waals surface area contributed by atoms with Crippen LogP contribution in [0.1, 0.15) is 26.7 Å². The Morgan fingerprint density at radius 2 is 2.20 bits per heavy atom. The summed E-state index contributed by atoms with van der Waals surface area (Å²) < 4.78 is 0. The van der Waals surface area contributed by atoms with Gasteiger partial charge in [0.2, 0.25) is 0 Å². The lowest BCUT2D eigenvalue weighted by Gasteiger charge is -2.41. The molecule has 1 fully saturated rings. The highest BCUT2D eigenvalue weighted by molar-refractivity contribution is 6.33. The van der Waals surface area contributed by atoms with Crippen LogP contribution in [0, 0.1) is 10.1 Å². The maximum absolute atomic E-state index is 10.8. The monoisotopic (exact) mass is 297 g/mol. The van der Waals surface area contributed by atoms with Gasteiger partial charge in [0.05, 0.1) is 15.6 Å². The molecule has 1 aromatic carbocycles. The average Bonchev–Trinajstić information content (AvgIpc) is 2.46. The largest absolute Gasteiger partial charge is 0.365 e. The minimum absolute atomic E-state index is 0.0361. The molecule has 1 N–H and O–H groups in total. The molecule has 1 aliphatic rings. The number of piperazine rings is 1. The highest BCUT2D eigenvalue weighted by atomic mass is 35.5. The molecule has 0 radical (unpaired) electrons. The van der Waals surface area contributed by atoms with E-state index in [0.717, 1.165) is 31.6 Å². The summed E-state index contributed by atoms with van der Waals surface area (Å²) in [5.41, 5.74) is 0.929. The summed E-state index contributed by atoms with van der Waals surface area (Å²) in [6.45, 7) is 6.10. The molecule has 20 heavy (non-hydrogen) atoms. The number of hydrogen-bond acceptors (Lipinski definition) is 4. The number of non-ortho nitro benzene ring substituents is 1. The SMILES string of the molecule is CCC1CN(c2ccc([N+](=O)[O-])cc2Cl)C(CC)CN1. The zero-order valence-corrected chi connectivity index (χ0v) is 12.6. The molecule has 6 heteroatoms. The second-order valence-electron chi connectivity index (χ2n) is 5.12. The maximum atomic E-state index is 10.8. The summed E-state index contributed by atoms with van der Waals surface area (Å²) >= 11 is 6.25. The first-order valence-corrected chi connectivity index (χ1v) is 7.38. The summed E-state index contributed by atoms with van der Waals surface area (Å²) in [4.78, 5) is 12.6. The second-order valence-corrected chi connectivity index (χ2v) is 5.53. The van der Waals surface area contributed by atoms with E-state index in [0.29, 0.717) is 17.1 Å². The van der Waals surface area contributed by atoms with Gasteiger partial charge in [0.1, 0.15) is 0 Å². The van der Waals surface area contributed by atoms with E-state index in [1.54, 1.807) is 6.07 Å². The number of nitrogens with one attached hydrogen (secondary N) is 1. The van der Waals surface area contributed by atoms with Crippen LogP contribution in [0.25, 0.3) is 0 Å².